The monoisotopic (exact) mass is 322 g/mol. The Hall–Kier alpha value is -1.11. The lowest BCUT2D eigenvalue weighted by molar-refractivity contribution is -0.118. The van der Waals surface area contributed by atoms with E-state index in [1.807, 2.05) is 41.5 Å². The highest BCUT2D eigenvalue weighted by atomic mass is 16.1. The molecular formula is C22H42O. The molecule has 0 saturated carbocycles. The van der Waals surface area contributed by atoms with Crippen LogP contribution >= 0.6 is 0 Å². The van der Waals surface area contributed by atoms with E-state index in [1.54, 1.807) is 6.92 Å². The first-order valence-electron chi connectivity index (χ1n) is 9.55. The quantitative estimate of drug-likeness (QED) is 0.529. The van der Waals surface area contributed by atoms with Crippen LogP contribution in [0.1, 0.15) is 93.6 Å². The summed E-state index contributed by atoms with van der Waals surface area (Å²) < 4.78 is 0. The van der Waals surface area contributed by atoms with Gasteiger partial charge in [0.15, 0.2) is 0 Å². The first kappa shape index (κ1) is 26.8. The number of carbonyl (C=O) groups excluding carboxylic acids is 1. The Morgan fingerprint density at radius 2 is 1.26 bits per heavy atom. The third kappa shape index (κ3) is 14.2. The van der Waals surface area contributed by atoms with Gasteiger partial charge in [0.1, 0.15) is 5.78 Å². The van der Waals surface area contributed by atoms with E-state index >= 15 is 0 Å². The molecule has 1 heteroatoms. The lowest BCUT2D eigenvalue weighted by atomic mass is 9.82. The molecule has 0 saturated heterocycles. The standard InChI is InChI=1S/C16H24O.3C2H6/c1-12(13(2)11-15(4)17)10-14(3)16-8-6-5-7-9-16;3*1-2/h5-9,12-14H,10-11H2,1-4H3;3*1-2H3. The molecule has 0 aliphatic rings. The SMILES string of the molecule is CC.CC.CC.CC(=O)CC(C)C(C)CC(C)c1ccccc1. The third-order valence-corrected chi connectivity index (χ3v) is 3.67. The van der Waals surface area contributed by atoms with E-state index in [1.165, 1.54) is 5.56 Å². The van der Waals surface area contributed by atoms with Gasteiger partial charge in [0, 0.05) is 6.42 Å². The van der Waals surface area contributed by atoms with Gasteiger partial charge in [-0.1, -0.05) is 92.6 Å². The van der Waals surface area contributed by atoms with E-state index < -0.39 is 0 Å². The maximum atomic E-state index is 11.1. The molecular weight excluding hydrogens is 280 g/mol. The van der Waals surface area contributed by atoms with Crippen molar-refractivity contribution >= 4 is 5.78 Å². The van der Waals surface area contributed by atoms with Crippen LogP contribution in [0.3, 0.4) is 0 Å². The van der Waals surface area contributed by atoms with Crippen LogP contribution in [0.15, 0.2) is 30.3 Å². The molecule has 0 heterocycles. The number of ketones is 1. The predicted molar refractivity (Wildman–Crippen MR) is 107 cm³/mol. The number of Topliss-reactive ketones (excluding diaryl/α,β-unsaturated/α-hetero) is 1. The molecule has 1 aromatic carbocycles. The first-order chi connectivity index (χ1) is 11.0. The number of benzene rings is 1. The maximum absolute atomic E-state index is 11.1. The first-order valence-corrected chi connectivity index (χ1v) is 9.55. The zero-order chi connectivity index (χ0) is 18.8. The molecule has 0 spiro atoms. The van der Waals surface area contributed by atoms with Crippen LogP contribution in [-0.4, -0.2) is 5.78 Å². The van der Waals surface area contributed by atoms with Crippen molar-refractivity contribution in [3.05, 3.63) is 35.9 Å². The second kappa shape index (κ2) is 18.9. The minimum Gasteiger partial charge on any atom is -0.300 e. The summed E-state index contributed by atoms with van der Waals surface area (Å²) in [6.45, 7) is 20.4. The molecule has 0 amide bonds. The summed E-state index contributed by atoms with van der Waals surface area (Å²) in [6, 6.07) is 10.6. The number of hydrogen-bond acceptors (Lipinski definition) is 1. The van der Waals surface area contributed by atoms with E-state index in [0.717, 1.165) is 6.42 Å². The Labute approximate surface area is 146 Å². The summed E-state index contributed by atoms with van der Waals surface area (Å²) in [5.74, 6) is 1.95. The van der Waals surface area contributed by atoms with E-state index in [9.17, 15) is 4.79 Å². The fourth-order valence-electron chi connectivity index (χ4n) is 2.36. The molecule has 136 valence electrons. The van der Waals surface area contributed by atoms with Crippen molar-refractivity contribution in [3.63, 3.8) is 0 Å². The summed E-state index contributed by atoms with van der Waals surface area (Å²) in [6.07, 6.45) is 1.86. The van der Waals surface area contributed by atoms with Crippen molar-refractivity contribution in [2.45, 2.75) is 88.0 Å². The van der Waals surface area contributed by atoms with Gasteiger partial charge in [-0.15, -0.1) is 0 Å². The molecule has 0 fully saturated rings. The molecule has 1 aromatic rings. The van der Waals surface area contributed by atoms with Gasteiger partial charge in [-0.05, 0) is 36.7 Å². The van der Waals surface area contributed by atoms with Crippen molar-refractivity contribution in [2.24, 2.45) is 11.8 Å². The second-order valence-corrected chi connectivity index (χ2v) is 5.41. The molecule has 0 aliphatic carbocycles. The van der Waals surface area contributed by atoms with Crippen LogP contribution in [0.4, 0.5) is 0 Å². The van der Waals surface area contributed by atoms with Crippen LogP contribution in [0.25, 0.3) is 0 Å². The van der Waals surface area contributed by atoms with Crippen LogP contribution in [-0.2, 0) is 4.79 Å². The Bertz CT molecular complexity index is 342. The molecule has 3 atom stereocenters. The fourth-order valence-corrected chi connectivity index (χ4v) is 2.36. The average molecular weight is 323 g/mol. The van der Waals surface area contributed by atoms with Gasteiger partial charge in [-0.3, -0.25) is 0 Å². The van der Waals surface area contributed by atoms with Gasteiger partial charge >= 0.3 is 0 Å². The molecule has 1 nitrogen and oxygen atoms in total. The topological polar surface area (TPSA) is 17.1 Å². The van der Waals surface area contributed by atoms with Gasteiger partial charge in [0.05, 0.1) is 0 Å². The normalized spacial score (nSPS) is 12.8. The molecule has 0 aromatic heterocycles. The average Bonchev–Trinajstić information content (AvgIpc) is 2.60. The number of rotatable bonds is 6. The van der Waals surface area contributed by atoms with Crippen LogP contribution in [0.2, 0.25) is 0 Å². The zero-order valence-corrected chi connectivity index (χ0v) is 17.4. The van der Waals surface area contributed by atoms with Gasteiger partial charge in [-0.2, -0.15) is 0 Å². The lowest BCUT2D eigenvalue weighted by Crippen LogP contribution is -2.14. The Balaban J connectivity index is -0.000000595. The van der Waals surface area contributed by atoms with Crippen molar-refractivity contribution in [3.8, 4) is 0 Å². The molecule has 0 radical (unpaired) electrons. The van der Waals surface area contributed by atoms with E-state index in [-0.39, 0.29) is 0 Å². The van der Waals surface area contributed by atoms with Crippen LogP contribution in [0.5, 0.6) is 0 Å². The van der Waals surface area contributed by atoms with Crippen LogP contribution in [0, 0.1) is 11.8 Å². The molecule has 3 unspecified atom stereocenters. The minimum absolute atomic E-state index is 0.303. The molecule has 0 N–H and O–H groups in total. The van der Waals surface area contributed by atoms with Crippen molar-refractivity contribution < 1.29 is 4.79 Å². The number of carbonyl (C=O) groups is 1. The fraction of sp³-hybridized carbons (Fsp3) is 0.682. The smallest absolute Gasteiger partial charge is 0.130 e. The molecule has 1 rings (SSSR count). The van der Waals surface area contributed by atoms with Gasteiger partial charge < -0.3 is 4.79 Å². The maximum Gasteiger partial charge on any atom is 0.130 e. The highest BCUT2D eigenvalue weighted by Crippen LogP contribution is 2.28. The minimum atomic E-state index is 0.303. The van der Waals surface area contributed by atoms with Gasteiger partial charge in [0.25, 0.3) is 0 Å². The molecule has 0 bridgehead atoms. The van der Waals surface area contributed by atoms with Gasteiger partial charge in [0.2, 0.25) is 0 Å². The third-order valence-electron chi connectivity index (χ3n) is 3.67. The largest absolute Gasteiger partial charge is 0.300 e. The zero-order valence-electron chi connectivity index (χ0n) is 17.4. The highest BCUT2D eigenvalue weighted by molar-refractivity contribution is 5.75. The molecule has 23 heavy (non-hydrogen) atoms. The summed E-state index contributed by atoms with van der Waals surface area (Å²) in [7, 11) is 0. The summed E-state index contributed by atoms with van der Waals surface area (Å²) in [5, 5.41) is 0. The number of hydrogen-bond donors (Lipinski definition) is 0. The summed E-state index contributed by atoms with van der Waals surface area (Å²) in [4.78, 5) is 11.1. The highest BCUT2D eigenvalue weighted by Gasteiger charge is 2.17. The Morgan fingerprint density at radius 1 is 0.826 bits per heavy atom. The molecule has 0 aliphatic heterocycles. The van der Waals surface area contributed by atoms with Crippen molar-refractivity contribution in [2.75, 3.05) is 0 Å². The van der Waals surface area contributed by atoms with Crippen LogP contribution < -0.4 is 0 Å². The van der Waals surface area contributed by atoms with Crippen molar-refractivity contribution in [1.82, 2.24) is 0 Å². The second-order valence-electron chi connectivity index (χ2n) is 5.41. The summed E-state index contributed by atoms with van der Waals surface area (Å²) in [5.41, 5.74) is 1.40. The summed E-state index contributed by atoms with van der Waals surface area (Å²) >= 11 is 0. The predicted octanol–water partition coefficient (Wildman–Crippen LogP) is 7.51. The van der Waals surface area contributed by atoms with E-state index in [0.29, 0.717) is 30.0 Å². The van der Waals surface area contributed by atoms with Gasteiger partial charge in [-0.25, -0.2) is 0 Å². The van der Waals surface area contributed by atoms with Crippen molar-refractivity contribution in [1.29, 1.82) is 0 Å². The lowest BCUT2D eigenvalue weighted by Gasteiger charge is -2.22. The Morgan fingerprint density at radius 3 is 1.65 bits per heavy atom. The Kier molecular flexibility index (Phi) is 22.0. The van der Waals surface area contributed by atoms with E-state index in [4.69, 9.17) is 0 Å². The van der Waals surface area contributed by atoms with E-state index in [2.05, 4.69) is 51.1 Å².